The number of hydrogen-bond donors (Lipinski definition) is 1. The molecule has 1 aromatic rings. The lowest BCUT2D eigenvalue weighted by atomic mass is 9.96. The Hall–Kier alpha value is -1.22. The summed E-state index contributed by atoms with van der Waals surface area (Å²) in [6, 6.07) is 6.05. The van der Waals surface area contributed by atoms with Crippen LogP contribution in [-0.2, 0) is 0 Å². The van der Waals surface area contributed by atoms with Crippen molar-refractivity contribution >= 4 is 0 Å². The van der Waals surface area contributed by atoms with E-state index in [1.807, 2.05) is 12.1 Å². The standard InChI is InChI=1S/C12H17NO2/c1-9(5-6-13)10-3-2-4-11-12(10)15-8-7-14-11/h2-4,9H,5-8,13H2,1H3. The summed E-state index contributed by atoms with van der Waals surface area (Å²) in [5.41, 5.74) is 6.78. The first kappa shape index (κ1) is 10.3. The van der Waals surface area contributed by atoms with Crippen molar-refractivity contribution in [2.24, 2.45) is 5.73 Å². The fraction of sp³-hybridized carbons (Fsp3) is 0.500. The first-order chi connectivity index (χ1) is 7.33. The Balaban J connectivity index is 2.30. The number of ether oxygens (including phenoxy) is 2. The van der Waals surface area contributed by atoms with E-state index in [4.69, 9.17) is 15.2 Å². The Morgan fingerprint density at radius 3 is 2.93 bits per heavy atom. The van der Waals surface area contributed by atoms with Gasteiger partial charge >= 0.3 is 0 Å². The summed E-state index contributed by atoms with van der Waals surface area (Å²) < 4.78 is 11.2. The number of hydrogen-bond acceptors (Lipinski definition) is 3. The van der Waals surface area contributed by atoms with Crippen molar-refractivity contribution in [2.75, 3.05) is 19.8 Å². The van der Waals surface area contributed by atoms with E-state index in [2.05, 4.69) is 13.0 Å². The van der Waals surface area contributed by atoms with Crippen LogP contribution in [0.2, 0.25) is 0 Å². The van der Waals surface area contributed by atoms with Crippen LogP contribution < -0.4 is 15.2 Å². The Morgan fingerprint density at radius 1 is 1.33 bits per heavy atom. The van der Waals surface area contributed by atoms with Gasteiger partial charge in [0.25, 0.3) is 0 Å². The molecular weight excluding hydrogens is 190 g/mol. The molecule has 3 nitrogen and oxygen atoms in total. The SMILES string of the molecule is CC(CCN)c1cccc2c1OCCO2. The molecule has 0 saturated heterocycles. The van der Waals surface area contributed by atoms with Gasteiger partial charge < -0.3 is 15.2 Å². The van der Waals surface area contributed by atoms with Crippen LogP contribution in [0.1, 0.15) is 24.8 Å². The van der Waals surface area contributed by atoms with Crippen molar-refractivity contribution in [1.82, 2.24) is 0 Å². The van der Waals surface area contributed by atoms with Crippen molar-refractivity contribution in [3.8, 4) is 11.5 Å². The topological polar surface area (TPSA) is 44.5 Å². The fourth-order valence-electron chi connectivity index (χ4n) is 1.89. The van der Waals surface area contributed by atoms with Gasteiger partial charge in [-0.15, -0.1) is 0 Å². The molecular formula is C12H17NO2. The van der Waals surface area contributed by atoms with Crippen LogP contribution in [0.4, 0.5) is 0 Å². The van der Waals surface area contributed by atoms with E-state index in [9.17, 15) is 0 Å². The van der Waals surface area contributed by atoms with Crippen molar-refractivity contribution in [1.29, 1.82) is 0 Å². The van der Waals surface area contributed by atoms with Gasteiger partial charge in [0.2, 0.25) is 0 Å². The first-order valence-electron chi connectivity index (χ1n) is 5.41. The van der Waals surface area contributed by atoms with Gasteiger partial charge in [0.05, 0.1) is 0 Å². The lowest BCUT2D eigenvalue weighted by Gasteiger charge is -2.23. The first-order valence-corrected chi connectivity index (χ1v) is 5.41. The summed E-state index contributed by atoms with van der Waals surface area (Å²) in [4.78, 5) is 0. The maximum absolute atomic E-state index is 5.66. The zero-order valence-electron chi connectivity index (χ0n) is 9.03. The molecule has 0 aromatic heterocycles. The van der Waals surface area contributed by atoms with E-state index in [-0.39, 0.29) is 0 Å². The molecule has 82 valence electrons. The van der Waals surface area contributed by atoms with E-state index in [1.165, 1.54) is 5.56 Å². The zero-order chi connectivity index (χ0) is 10.7. The highest BCUT2D eigenvalue weighted by molar-refractivity contribution is 5.48. The molecule has 1 heterocycles. The summed E-state index contributed by atoms with van der Waals surface area (Å²) in [7, 11) is 0. The normalized spacial score (nSPS) is 16.1. The van der Waals surface area contributed by atoms with Crippen molar-refractivity contribution in [3.05, 3.63) is 23.8 Å². The van der Waals surface area contributed by atoms with E-state index in [1.54, 1.807) is 0 Å². The fourth-order valence-corrected chi connectivity index (χ4v) is 1.89. The van der Waals surface area contributed by atoms with Crippen molar-refractivity contribution in [2.45, 2.75) is 19.3 Å². The predicted octanol–water partition coefficient (Wildman–Crippen LogP) is 1.91. The highest BCUT2D eigenvalue weighted by Crippen LogP contribution is 2.38. The Bertz CT molecular complexity index is 338. The molecule has 0 spiro atoms. The third kappa shape index (κ3) is 2.07. The van der Waals surface area contributed by atoms with Crippen LogP contribution in [0.5, 0.6) is 11.5 Å². The quantitative estimate of drug-likeness (QED) is 0.823. The minimum atomic E-state index is 0.423. The van der Waals surface area contributed by atoms with Gasteiger partial charge in [0.1, 0.15) is 13.2 Å². The van der Waals surface area contributed by atoms with E-state index < -0.39 is 0 Å². The molecule has 0 aliphatic carbocycles. The van der Waals surface area contributed by atoms with Crippen molar-refractivity contribution in [3.63, 3.8) is 0 Å². The predicted molar refractivity (Wildman–Crippen MR) is 59.5 cm³/mol. The molecule has 0 amide bonds. The zero-order valence-corrected chi connectivity index (χ0v) is 9.03. The van der Waals surface area contributed by atoms with Crippen LogP contribution in [0.3, 0.4) is 0 Å². The van der Waals surface area contributed by atoms with Crippen LogP contribution in [0.25, 0.3) is 0 Å². The van der Waals surface area contributed by atoms with Gasteiger partial charge in [-0.3, -0.25) is 0 Å². The maximum Gasteiger partial charge on any atom is 0.164 e. The van der Waals surface area contributed by atoms with Crippen LogP contribution in [0.15, 0.2) is 18.2 Å². The van der Waals surface area contributed by atoms with Crippen molar-refractivity contribution < 1.29 is 9.47 Å². The summed E-state index contributed by atoms with van der Waals surface area (Å²) >= 11 is 0. The third-order valence-electron chi connectivity index (χ3n) is 2.73. The van der Waals surface area contributed by atoms with E-state index in [0.717, 1.165) is 17.9 Å². The number of para-hydroxylation sites is 1. The number of rotatable bonds is 3. The minimum absolute atomic E-state index is 0.423. The van der Waals surface area contributed by atoms with Gasteiger partial charge in [0, 0.05) is 5.56 Å². The Morgan fingerprint density at radius 2 is 2.13 bits per heavy atom. The smallest absolute Gasteiger partial charge is 0.164 e. The average Bonchev–Trinajstić information content (AvgIpc) is 2.28. The molecule has 2 N–H and O–H groups in total. The minimum Gasteiger partial charge on any atom is -0.486 e. The van der Waals surface area contributed by atoms with Crippen LogP contribution >= 0.6 is 0 Å². The number of nitrogens with two attached hydrogens (primary N) is 1. The molecule has 1 aliphatic rings. The highest BCUT2D eigenvalue weighted by atomic mass is 16.6. The Kier molecular flexibility index (Phi) is 3.11. The second-order valence-corrected chi connectivity index (χ2v) is 3.85. The molecule has 1 aliphatic heterocycles. The molecule has 0 bridgehead atoms. The molecule has 0 fully saturated rings. The number of fused-ring (bicyclic) bond motifs is 1. The second-order valence-electron chi connectivity index (χ2n) is 3.85. The lowest BCUT2D eigenvalue weighted by molar-refractivity contribution is 0.169. The second kappa shape index (κ2) is 4.53. The van der Waals surface area contributed by atoms with Gasteiger partial charge in [-0.1, -0.05) is 19.1 Å². The molecule has 1 aromatic carbocycles. The summed E-state index contributed by atoms with van der Waals surface area (Å²) in [5, 5.41) is 0. The molecule has 1 unspecified atom stereocenters. The van der Waals surface area contributed by atoms with Crippen LogP contribution in [0, 0.1) is 0 Å². The van der Waals surface area contributed by atoms with E-state index >= 15 is 0 Å². The molecule has 3 heteroatoms. The summed E-state index contributed by atoms with van der Waals surface area (Å²) in [6.45, 7) is 4.15. The highest BCUT2D eigenvalue weighted by Gasteiger charge is 2.18. The Labute approximate surface area is 90.2 Å². The van der Waals surface area contributed by atoms with Gasteiger partial charge in [-0.25, -0.2) is 0 Å². The summed E-state index contributed by atoms with van der Waals surface area (Å²) in [5.74, 6) is 2.19. The monoisotopic (exact) mass is 207 g/mol. The average molecular weight is 207 g/mol. The molecule has 0 radical (unpaired) electrons. The molecule has 2 rings (SSSR count). The third-order valence-corrected chi connectivity index (χ3v) is 2.73. The summed E-state index contributed by atoms with van der Waals surface area (Å²) in [6.07, 6.45) is 0.972. The lowest BCUT2D eigenvalue weighted by Crippen LogP contribution is -2.17. The van der Waals surface area contributed by atoms with E-state index in [0.29, 0.717) is 25.7 Å². The van der Waals surface area contributed by atoms with Gasteiger partial charge in [0.15, 0.2) is 11.5 Å². The molecule has 15 heavy (non-hydrogen) atoms. The molecule has 0 saturated carbocycles. The van der Waals surface area contributed by atoms with Crippen LogP contribution in [-0.4, -0.2) is 19.8 Å². The number of benzene rings is 1. The maximum atomic E-state index is 5.66. The van der Waals surface area contributed by atoms with Gasteiger partial charge in [-0.2, -0.15) is 0 Å². The largest absolute Gasteiger partial charge is 0.486 e. The van der Waals surface area contributed by atoms with Gasteiger partial charge in [-0.05, 0) is 24.9 Å². The molecule has 1 atom stereocenters.